The summed E-state index contributed by atoms with van der Waals surface area (Å²) in [5.74, 6) is -1.18. The van der Waals surface area contributed by atoms with E-state index in [9.17, 15) is 23.2 Å². The molecule has 0 radical (unpaired) electrons. The lowest BCUT2D eigenvalue weighted by atomic mass is 10.0. The van der Waals surface area contributed by atoms with Crippen molar-refractivity contribution in [3.8, 4) is 17.2 Å². The van der Waals surface area contributed by atoms with E-state index in [1.54, 1.807) is 4.90 Å². The normalized spacial score (nSPS) is 18.0. The van der Waals surface area contributed by atoms with Gasteiger partial charge in [-0.3, -0.25) is 9.59 Å². The molecule has 1 aliphatic heterocycles. The molecule has 1 saturated carbocycles. The van der Waals surface area contributed by atoms with Crippen LogP contribution in [0.15, 0.2) is 48.8 Å². The Morgan fingerprint density at radius 2 is 1.76 bits per heavy atom. The minimum absolute atomic E-state index is 0.0140. The number of aromatic nitrogens is 1. The number of hydrogen-bond acceptors (Lipinski definition) is 8. The van der Waals surface area contributed by atoms with Crippen molar-refractivity contribution in [2.45, 2.75) is 64.3 Å². The maximum absolute atomic E-state index is 13.7. The first-order valence-corrected chi connectivity index (χ1v) is 16.9. The van der Waals surface area contributed by atoms with E-state index < -0.39 is 31.0 Å². The zero-order chi connectivity index (χ0) is 35.9. The second-order valence-corrected chi connectivity index (χ2v) is 13.2. The lowest BCUT2D eigenvalue weighted by molar-refractivity contribution is -0.377. The van der Waals surface area contributed by atoms with Gasteiger partial charge in [-0.05, 0) is 68.5 Å². The van der Waals surface area contributed by atoms with Crippen molar-refractivity contribution < 1.29 is 47.1 Å². The molecule has 3 atom stereocenters. The number of hydrogen-bond donors (Lipinski definition) is 2. The van der Waals surface area contributed by atoms with Crippen LogP contribution >= 0.6 is 23.2 Å². The van der Waals surface area contributed by atoms with Crippen molar-refractivity contribution in [2.75, 3.05) is 32.1 Å². The van der Waals surface area contributed by atoms with Crippen molar-refractivity contribution in [2.24, 2.45) is 5.92 Å². The molecule has 3 N–H and O–H groups in total. The van der Waals surface area contributed by atoms with Gasteiger partial charge in [0.1, 0.15) is 28.3 Å². The summed E-state index contributed by atoms with van der Waals surface area (Å²) in [6.45, 7) is 2.22. The standard InChI is InChI=1S/C35H38Cl2F2N4O7/c1-19-17-43(20(2)14-41-19)33(45)13-32(44)42-27-10-23(7-8-28(27)47-3)34(46)49-30(12-24-25(36)15-40-16-26(24)37)22-6-9-29(50-35(38)39)31(11-22)48-18-21-4-5-21/h6-11,15-16,19-21,30,35,41H,4-5,12-14,17-18H2,1-3H3,(H,42,44)/p+1/t19-,20+,30+/m1/s1. The number of carbonyl (C=O) groups is 3. The average Bonchev–Trinajstić information content (AvgIpc) is 3.91. The topological polar surface area (TPSA) is 130 Å². The summed E-state index contributed by atoms with van der Waals surface area (Å²) in [5.41, 5.74) is 1.09. The molecule has 11 nitrogen and oxygen atoms in total. The zero-order valence-electron chi connectivity index (χ0n) is 27.8. The summed E-state index contributed by atoms with van der Waals surface area (Å²) >= 11 is 12.9. The third kappa shape index (κ3) is 9.73. The number of alkyl halides is 2. The molecule has 1 saturated heterocycles. The van der Waals surface area contributed by atoms with Crippen molar-refractivity contribution in [3.05, 3.63) is 75.5 Å². The molecule has 1 aliphatic carbocycles. The van der Waals surface area contributed by atoms with Crippen LogP contribution in [0.4, 0.5) is 14.5 Å². The van der Waals surface area contributed by atoms with E-state index in [0.717, 1.165) is 12.8 Å². The van der Waals surface area contributed by atoms with E-state index in [4.69, 9.17) is 37.4 Å². The van der Waals surface area contributed by atoms with Crippen LogP contribution in [-0.4, -0.2) is 68.2 Å². The Kier molecular flexibility index (Phi) is 12.4. The fourth-order valence-corrected chi connectivity index (χ4v) is 6.07. The van der Waals surface area contributed by atoms with Crippen LogP contribution in [0.5, 0.6) is 17.2 Å². The Hall–Kier alpha value is -4.20. The number of H-pyrrole nitrogens is 1. The van der Waals surface area contributed by atoms with Gasteiger partial charge >= 0.3 is 12.6 Å². The van der Waals surface area contributed by atoms with E-state index in [1.165, 1.54) is 55.9 Å². The number of nitrogens with zero attached hydrogens (tertiary/aromatic N) is 1. The number of methoxy groups -OCH3 is 1. The molecule has 2 heterocycles. The molecule has 0 unspecified atom stereocenters. The molecule has 2 fully saturated rings. The predicted molar refractivity (Wildman–Crippen MR) is 181 cm³/mol. The van der Waals surface area contributed by atoms with Gasteiger partial charge in [-0.1, -0.05) is 29.3 Å². The second kappa shape index (κ2) is 16.7. The number of anilines is 1. The molecule has 0 spiro atoms. The maximum Gasteiger partial charge on any atom is 0.387 e. The molecular formula is C35H39Cl2F2N4O7+. The smallest absolute Gasteiger partial charge is 0.387 e. The number of esters is 1. The second-order valence-electron chi connectivity index (χ2n) is 12.4. The molecule has 2 amide bonds. The van der Waals surface area contributed by atoms with Gasteiger partial charge in [0.15, 0.2) is 23.9 Å². The van der Waals surface area contributed by atoms with E-state index in [-0.39, 0.29) is 63.0 Å². The highest BCUT2D eigenvalue weighted by Crippen LogP contribution is 2.38. The maximum atomic E-state index is 13.7. The highest BCUT2D eigenvalue weighted by molar-refractivity contribution is 6.35. The monoisotopic (exact) mass is 735 g/mol. The Balaban J connectivity index is 1.39. The number of nitrogens with one attached hydrogen (secondary N) is 3. The van der Waals surface area contributed by atoms with Crippen LogP contribution < -0.4 is 29.8 Å². The van der Waals surface area contributed by atoms with E-state index in [2.05, 4.69) is 20.4 Å². The number of rotatable bonds is 14. The molecule has 5 rings (SSSR count). The van der Waals surface area contributed by atoms with Crippen LogP contribution in [0.25, 0.3) is 0 Å². The average molecular weight is 737 g/mol. The third-order valence-electron chi connectivity index (χ3n) is 8.47. The molecule has 15 heteroatoms. The molecule has 268 valence electrons. The number of piperazine rings is 1. The summed E-state index contributed by atoms with van der Waals surface area (Å²) in [6, 6.07) is 8.68. The lowest BCUT2D eigenvalue weighted by Gasteiger charge is -2.37. The van der Waals surface area contributed by atoms with Crippen LogP contribution in [-0.2, 0) is 20.7 Å². The molecule has 3 aromatic rings. The van der Waals surface area contributed by atoms with Gasteiger partial charge in [-0.25, -0.2) is 9.78 Å². The van der Waals surface area contributed by atoms with Gasteiger partial charge in [0, 0.05) is 37.2 Å². The molecule has 2 aliphatic rings. The number of ether oxygens (including phenoxy) is 4. The highest BCUT2D eigenvalue weighted by atomic mass is 35.5. The summed E-state index contributed by atoms with van der Waals surface area (Å²) in [6.07, 6.45) is 3.59. The van der Waals surface area contributed by atoms with Gasteiger partial charge < -0.3 is 34.5 Å². The highest BCUT2D eigenvalue weighted by Gasteiger charge is 2.29. The summed E-state index contributed by atoms with van der Waals surface area (Å²) in [4.78, 5) is 44.2. The van der Waals surface area contributed by atoms with Gasteiger partial charge in [0.05, 0.1) is 25.0 Å². The molecule has 50 heavy (non-hydrogen) atoms. The number of amides is 2. The lowest BCUT2D eigenvalue weighted by Crippen LogP contribution is -2.56. The first-order chi connectivity index (χ1) is 23.9. The molecule has 1 aromatic heterocycles. The summed E-state index contributed by atoms with van der Waals surface area (Å²) in [7, 11) is 1.41. The predicted octanol–water partition coefficient (Wildman–Crippen LogP) is 5.88. The minimum atomic E-state index is -3.08. The van der Waals surface area contributed by atoms with Crippen LogP contribution in [0.2, 0.25) is 10.0 Å². The number of benzene rings is 2. The fraction of sp³-hybridized carbons (Fsp3) is 0.429. The number of carbonyl (C=O) groups excluding carboxylic acids is 3. The van der Waals surface area contributed by atoms with E-state index in [0.29, 0.717) is 36.7 Å². The van der Waals surface area contributed by atoms with Gasteiger partial charge in [0.2, 0.25) is 11.8 Å². The zero-order valence-corrected chi connectivity index (χ0v) is 29.3. The van der Waals surface area contributed by atoms with E-state index >= 15 is 0 Å². The Bertz CT molecular complexity index is 1690. The van der Waals surface area contributed by atoms with Crippen LogP contribution in [0.3, 0.4) is 0 Å². The van der Waals surface area contributed by atoms with Gasteiger partial charge in [-0.15, -0.1) is 0 Å². The summed E-state index contributed by atoms with van der Waals surface area (Å²) in [5, 5.41) is 6.56. The Labute approximate surface area is 298 Å². The first-order valence-electron chi connectivity index (χ1n) is 16.2. The van der Waals surface area contributed by atoms with Crippen molar-refractivity contribution >= 4 is 46.7 Å². The number of pyridine rings is 1. The summed E-state index contributed by atoms with van der Waals surface area (Å²) < 4.78 is 48.4. The largest absolute Gasteiger partial charge is 0.495 e. The Morgan fingerprint density at radius 3 is 2.44 bits per heavy atom. The molecular weight excluding hydrogens is 697 g/mol. The van der Waals surface area contributed by atoms with E-state index in [1.807, 2.05) is 13.8 Å². The third-order valence-corrected chi connectivity index (χ3v) is 9.14. The van der Waals surface area contributed by atoms with Gasteiger partial charge in [0.25, 0.3) is 0 Å². The van der Waals surface area contributed by atoms with Crippen LogP contribution in [0.1, 0.15) is 60.7 Å². The first kappa shape index (κ1) is 37.1. The molecule has 2 aromatic carbocycles. The SMILES string of the molecule is COc1ccc(C(=O)O[C@@H](Cc2c(Cl)c[nH+]cc2Cl)c2ccc(OC(F)F)c(OCC3CC3)c2)cc1NC(=O)CC(=O)N1C[C@@H](C)NC[C@@H]1C. The number of aromatic amines is 1. The van der Waals surface area contributed by atoms with Crippen LogP contribution in [0, 0.1) is 5.92 Å². The molecule has 0 bridgehead atoms. The fourth-order valence-electron chi connectivity index (χ4n) is 5.54. The van der Waals surface area contributed by atoms with Crippen molar-refractivity contribution in [1.82, 2.24) is 10.2 Å². The minimum Gasteiger partial charge on any atom is -0.495 e. The quantitative estimate of drug-likeness (QED) is 0.155. The number of halogens is 4. The van der Waals surface area contributed by atoms with Gasteiger partial charge in [-0.2, -0.15) is 8.78 Å². The van der Waals surface area contributed by atoms with Crippen molar-refractivity contribution in [3.63, 3.8) is 0 Å². The van der Waals surface area contributed by atoms with Crippen molar-refractivity contribution in [1.29, 1.82) is 0 Å². The Morgan fingerprint density at radius 1 is 1.04 bits per heavy atom.